The van der Waals surface area contributed by atoms with Crippen molar-refractivity contribution in [3.63, 3.8) is 0 Å². The van der Waals surface area contributed by atoms with Gasteiger partial charge in [0.15, 0.2) is 12.7 Å². The van der Waals surface area contributed by atoms with Crippen LogP contribution in [0.15, 0.2) is 53.4 Å². The van der Waals surface area contributed by atoms with Crippen molar-refractivity contribution in [1.29, 1.82) is 0 Å². The summed E-state index contributed by atoms with van der Waals surface area (Å²) in [4.78, 5) is 24.2. The van der Waals surface area contributed by atoms with Crippen LogP contribution >= 0.6 is 0 Å². The predicted molar refractivity (Wildman–Crippen MR) is 111 cm³/mol. The molecule has 0 radical (unpaired) electrons. The minimum Gasteiger partial charge on any atom is -0.479 e. The molecule has 2 aromatic carbocycles. The van der Waals surface area contributed by atoms with Gasteiger partial charge in [-0.1, -0.05) is 35.9 Å². The third-order valence-electron chi connectivity index (χ3n) is 4.22. The van der Waals surface area contributed by atoms with Crippen LogP contribution in [-0.2, 0) is 30.9 Å². The zero-order chi connectivity index (χ0) is 22.3. The molecular weight excluding hydrogens is 408 g/mol. The summed E-state index contributed by atoms with van der Waals surface area (Å²) in [6, 6.07) is 13.6. The number of hydrogen-bond donors (Lipinski definition) is 1. The minimum absolute atomic E-state index is 0.0188. The maximum absolute atomic E-state index is 12.4. The standard InChI is InChI=1S/C21H26N2O6S/c1-15-9-11-18(12-10-15)29-16(2)21(25)28-14-20(24)22-13-17-7-5-6-8-19(17)30(26,27)23(3)4/h5-12,16H,13-14H2,1-4H3,(H,22,24). The lowest BCUT2D eigenvalue weighted by atomic mass is 10.2. The molecule has 30 heavy (non-hydrogen) atoms. The number of hydrogen-bond acceptors (Lipinski definition) is 6. The smallest absolute Gasteiger partial charge is 0.347 e. The summed E-state index contributed by atoms with van der Waals surface area (Å²) in [6.07, 6.45) is -0.883. The number of nitrogens with one attached hydrogen (secondary N) is 1. The number of ether oxygens (including phenoxy) is 2. The second-order valence-electron chi connectivity index (χ2n) is 6.85. The lowest BCUT2D eigenvalue weighted by molar-refractivity contribution is -0.154. The molecule has 0 heterocycles. The second kappa shape index (κ2) is 10.2. The lowest BCUT2D eigenvalue weighted by Gasteiger charge is -2.16. The summed E-state index contributed by atoms with van der Waals surface area (Å²) in [5.41, 5.74) is 1.50. The molecule has 1 N–H and O–H groups in total. The number of nitrogens with zero attached hydrogens (tertiary/aromatic N) is 1. The average Bonchev–Trinajstić information content (AvgIpc) is 2.72. The Hall–Kier alpha value is -2.91. The van der Waals surface area contributed by atoms with Gasteiger partial charge in [-0.25, -0.2) is 17.5 Å². The Labute approximate surface area is 176 Å². The van der Waals surface area contributed by atoms with Gasteiger partial charge in [-0.15, -0.1) is 0 Å². The van der Waals surface area contributed by atoms with E-state index in [1.165, 1.54) is 27.1 Å². The summed E-state index contributed by atoms with van der Waals surface area (Å²) in [5.74, 6) is -0.711. The summed E-state index contributed by atoms with van der Waals surface area (Å²) in [5, 5.41) is 2.56. The molecular formula is C21H26N2O6S. The quantitative estimate of drug-likeness (QED) is 0.605. The van der Waals surface area contributed by atoms with Gasteiger partial charge in [-0.05, 0) is 37.6 Å². The molecule has 0 aliphatic carbocycles. The van der Waals surface area contributed by atoms with Crippen LogP contribution in [0.25, 0.3) is 0 Å². The molecule has 1 atom stereocenters. The number of carbonyl (C=O) groups excluding carboxylic acids is 2. The van der Waals surface area contributed by atoms with E-state index in [4.69, 9.17) is 9.47 Å². The summed E-state index contributed by atoms with van der Waals surface area (Å²) >= 11 is 0. The molecule has 0 spiro atoms. The molecule has 0 aliphatic heterocycles. The molecule has 0 aliphatic rings. The molecule has 1 amide bonds. The van der Waals surface area contributed by atoms with Crippen LogP contribution in [-0.4, -0.2) is 51.4 Å². The predicted octanol–water partition coefficient (Wildman–Crippen LogP) is 1.87. The summed E-state index contributed by atoms with van der Waals surface area (Å²) in [6.45, 7) is 2.95. The van der Waals surface area contributed by atoms with Crippen molar-refractivity contribution in [1.82, 2.24) is 9.62 Å². The van der Waals surface area contributed by atoms with Gasteiger partial charge in [-0.3, -0.25) is 4.79 Å². The van der Waals surface area contributed by atoms with Gasteiger partial charge in [0, 0.05) is 20.6 Å². The Morgan fingerprint density at radius 2 is 1.70 bits per heavy atom. The van der Waals surface area contributed by atoms with Crippen LogP contribution in [0.4, 0.5) is 0 Å². The third-order valence-corrected chi connectivity index (χ3v) is 6.13. The highest BCUT2D eigenvalue weighted by molar-refractivity contribution is 7.89. The van der Waals surface area contributed by atoms with Crippen molar-refractivity contribution >= 4 is 21.9 Å². The Bertz CT molecular complexity index is 987. The van der Waals surface area contributed by atoms with E-state index in [0.717, 1.165) is 9.87 Å². The van der Waals surface area contributed by atoms with Crippen molar-refractivity contribution in [3.8, 4) is 5.75 Å². The highest BCUT2D eigenvalue weighted by Gasteiger charge is 2.21. The zero-order valence-corrected chi connectivity index (χ0v) is 18.2. The Kier molecular flexibility index (Phi) is 7.96. The number of sulfonamides is 1. The van der Waals surface area contributed by atoms with E-state index in [9.17, 15) is 18.0 Å². The van der Waals surface area contributed by atoms with Crippen molar-refractivity contribution in [2.75, 3.05) is 20.7 Å². The second-order valence-corrected chi connectivity index (χ2v) is 8.97. The van der Waals surface area contributed by atoms with E-state index >= 15 is 0 Å². The minimum atomic E-state index is -3.64. The van der Waals surface area contributed by atoms with Crippen LogP contribution in [0.1, 0.15) is 18.1 Å². The first-order valence-corrected chi connectivity index (χ1v) is 10.7. The number of carbonyl (C=O) groups is 2. The molecule has 2 rings (SSSR count). The van der Waals surface area contributed by atoms with Gasteiger partial charge in [-0.2, -0.15) is 0 Å². The van der Waals surface area contributed by atoms with Gasteiger partial charge >= 0.3 is 5.97 Å². The lowest BCUT2D eigenvalue weighted by Crippen LogP contribution is -2.33. The van der Waals surface area contributed by atoms with E-state index in [0.29, 0.717) is 11.3 Å². The van der Waals surface area contributed by atoms with E-state index in [-0.39, 0.29) is 11.4 Å². The van der Waals surface area contributed by atoms with Crippen LogP contribution in [0.5, 0.6) is 5.75 Å². The normalized spacial score (nSPS) is 12.3. The first-order chi connectivity index (χ1) is 14.1. The SMILES string of the molecule is Cc1ccc(OC(C)C(=O)OCC(=O)NCc2ccccc2S(=O)(=O)N(C)C)cc1. The van der Waals surface area contributed by atoms with Gasteiger partial charge in [0.2, 0.25) is 10.0 Å². The van der Waals surface area contributed by atoms with Crippen molar-refractivity contribution in [2.45, 2.75) is 31.4 Å². The van der Waals surface area contributed by atoms with Crippen molar-refractivity contribution in [3.05, 3.63) is 59.7 Å². The Morgan fingerprint density at radius 1 is 1.07 bits per heavy atom. The molecule has 0 aromatic heterocycles. The maximum Gasteiger partial charge on any atom is 0.347 e. The maximum atomic E-state index is 12.4. The largest absolute Gasteiger partial charge is 0.479 e. The zero-order valence-electron chi connectivity index (χ0n) is 17.4. The number of esters is 1. The van der Waals surface area contributed by atoms with Crippen LogP contribution in [0.3, 0.4) is 0 Å². The molecule has 0 bridgehead atoms. The third kappa shape index (κ3) is 6.30. The molecule has 0 saturated heterocycles. The van der Waals surface area contributed by atoms with E-state index in [2.05, 4.69) is 5.32 Å². The first kappa shape index (κ1) is 23.4. The van der Waals surface area contributed by atoms with E-state index < -0.39 is 34.6 Å². The average molecular weight is 435 g/mol. The van der Waals surface area contributed by atoms with Gasteiger partial charge in [0.1, 0.15) is 5.75 Å². The van der Waals surface area contributed by atoms with Crippen molar-refractivity contribution < 1.29 is 27.5 Å². The van der Waals surface area contributed by atoms with E-state index in [1.54, 1.807) is 30.3 Å². The van der Waals surface area contributed by atoms with Crippen LogP contribution in [0, 0.1) is 6.92 Å². The Morgan fingerprint density at radius 3 is 2.33 bits per heavy atom. The number of rotatable bonds is 9. The number of amides is 1. The molecule has 2 aromatic rings. The van der Waals surface area contributed by atoms with Gasteiger partial charge < -0.3 is 14.8 Å². The molecule has 1 unspecified atom stereocenters. The van der Waals surface area contributed by atoms with Crippen LogP contribution < -0.4 is 10.1 Å². The molecule has 8 nitrogen and oxygen atoms in total. The molecule has 0 fully saturated rings. The molecule has 9 heteroatoms. The Balaban J connectivity index is 1.87. The van der Waals surface area contributed by atoms with E-state index in [1.807, 2.05) is 19.1 Å². The fourth-order valence-electron chi connectivity index (χ4n) is 2.47. The highest BCUT2D eigenvalue weighted by atomic mass is 32.2. The molecule has 0 saturated carbocycles. The number of benzene rings is 2. The number of aryl methyl sites for hydroxylation is 1. The summed E-state index contributed by atoms with van der Waals surface area (Å²) in [7, 11) is -0.776. The fraction of sp³-hybridized carbons (Fsp3) is 0.333. The van der Waals surface area contributed by atoms with Crippen LogP contribution in [0.2, 0.25) is 0 Å². The fourth-order valence-corrected chi connectivity index (χ4v) is 3.58. The van der Waals surface area contributed by atoms with Crippen molar-refractivity contribution in [2.24, 2.45) is 0 Å². The highest BCUT2D eigenvalue weighted by Crippen LogP contribution is 2.18. The molecule has 162 valence electrons. The van der Waals surface area contributed by atoms with Gasteiger partial charge in [0.05, 0.1) is 4.90 Å². The van der Waals surface area contributed by atoms with Gasteiger partial charge in [0.25, 0.3) is 5.91 Å². The monoisotopic (exact) mass is 434 g/mol. The first-order valence-electron chi connectivity index (χ1n) is 9.28. The topological polar surface area (TPSA) is 102 Å². The summed E-state index contributed by atoms with van der Waals surface area (Å²) < 4.78 is 36.3.